The molecule has 0 spiro atoms. The highest BCUT2D eigenvalue weighted by Gasteiger charge is 2.21. The molecule has 0 aliphatic heterocycles. The number of rotatable bonds is 4. The van der Waals surface area contributed by atoms with Crippen molar-refractivity contribution in [1.82, 2.24) is 4.98 Å². The number of esters is 1. The number of non-ortho nitro benzene ring substituents is 1. The normalized spacial score (nSPS) is 10.3. The van der Waals surface area contributed by atoms with E-state index in [0.717, 1.165) is 6.39 Å². The first kappa shape index (κ1) is 13.7. The molecule has 0 bridgehead atoms. The molecule has 2 aromatic rings. The smallest absolute Gasteiger partial charge is 0.360 e. The number of carbonyl (C=O) groups excluding carboxylic acids is 1. The number of nitrogens with zero attached hydrogens (tertiary/aromatic N) is 2. The van der Waals surface area contributed by atoms with Crippen molar-refractivity contribution in [2.45, 2.75) is 13.8 Å². The first-order valence-corrected chi connectivity index (χ1v) is 5.90. The van der Waals surface area contributed by atoms with Gasteiger partial charge in [-0.2, -0.15) is 0 Å². The van der Waals surface area contributed by atoms with Crippen LogP contribution in [-0.2, 0) is 4.74 Å². The van der Waals surface area contributed by atoms with E-state index in [-0.39, 0.29) is 23.7 Å². The molecule has 7 nitrogen and oxygen atoms in total. The van der Waals surface area contributed by atoms with E-state index >= 15 is 0 Å². The summed E-state index contributed by atoms with van der Waals surface area (Å²) in [5, 5.41) is 10.7. The lowest BCUT2D eigenvalue weighted by Gasteiger charge is -2.04. The van der Waals surface area contributed by atoms with Crippen LogP contribution in [0, 0.1) is 17.0 Å². The van der Waals surface area contributed by atoms with E-state index in [9.17, 15) is 14.9 Å². The topological polar surface area (TPSA) is 95.5 Å². The predicted octanol–water partition coefficient (Wildman–Crippen LogP) is 2.73. The first-order chi connectivity index (χ1) is 9.54. The van der Waals surface area contributed by atoms with Gasteiger partial charge in [-0.3, -0.25) is 10.1 Å². The molecular weight excluding hydrogens is 264 g/mol. The average Bonchev–Trinajstić information content (AvgIpc) is 2.87. The molecule has 0 saturated carbocycles. The van der Waals surface area contributed by atoms with E-state index in [0.29, 0.717) is 11.1 Å². The molecule has 0 atom stereocenters. The van der Waals surface area contributed by atoms with Crippen LogP contribution in [0.3, 0.4) is 0 Å². The second kappa shape index (κ2) is 5.52. The maximum atomic E-state index is 11.7. The van der Waals surface area contributed by atoms with Crippen molar-refractivity contribution in [3.05, 3.63) is 46.0 Å². The van der Waals surface area contributed by atoms with Crippen molar-refractivity contribution in [3.63, 3.8) is 0 Å². The number of aromatic nitrogens is 1. The maximum absolute atomic E-state index is 11.7. The van der Waals surface area contributed by atoms with E-state index in [4.69, 9.17) is 9.15 Å². The average molecular weight is 276 g/mol. The summed E-state index contributed by atoms with van der Waals surface area (Å²) in [4.78, 5) is 25.8. The molecule has 7 heteroatoms. The van der Waals surface area contributed by atoms with Gasteiger partial charge in [-0.1, -0.05) is 0 Å². The first-order valence-electron chi connectivity index (χ1n) is 5.90. The molecule has 0 aliphatic carbocycles. The minimum Gasteiger partial charge on any atom is -0.461 e. The fourth-order valence-corrected chi connectivity index (χ4v) is 1.80. The summed E-state index contributed by atoms with van der Waals surface area (Å²) in [7, 11) is 0. The number of aryl methyl sites for hydroxylation is 1. The second-order valence-electron chi connectivity index (χ2n) is 4.01. The third-order valence-electron chi connectivity index (χ3n) is 2.70. The van der Waals surface area contributed by atoms with Gasteiger partial charge in [-0.15, -0.1) is 0 Å². The summed E-state index contributed by atoms with van der Waals surface area (Å²) in [6.07, 6.45) is 1.14. The number of nitro benzene ring substituents is 1. The quantitative estimate of drug-likeness (QED) is 0.484. The van der Waals surface area contributed by atoms with Crippen LogP contribution in [0.5, 0.6) is 0 Å². The van der Waals surface area contributed by atoms with Crippen LogP contribution >= 0.6 is 0 Å². The zero-order chi connectivity index (χ0) is 14.7. The van der Waals surface area contributed by atoms with Gasteiger partial charge in [0.2, 0.25) is 0 Å². The SMILES string of the molecule is CCOC(=O)c1ncoc1-c1ccc([N+](=O)[O-])cc1C. The third kappa shape index (κ3) is 2.51. The Morgan fingerprint density at radius 2 is 2.25 bits per heavy atom. The van der Waals surface area contributed by atoms with Crippen molar-refractivity contribution < 1.29 is 18.9 Å². The van der Waals surface area contributed by atoms with Gasteiger partial charge in [0.25, 0.3) is 5.69 Å². The standard InChI is InChI=1S/C13H12N2O5/c1-3-19-13(16)11-12(20-7-14-11)10-5-4-9(15(17)18)6-8(10)2/h4-7H,3H2,1-2H3. The van der Waals surface area contributed by atoms with Crippen molar-refractivity contribution in [1.29, 1.82) is 0 Å². The summed E-state index contributed by atoms with van der Waals surface area (Å²) in [5.74, 6) is -0.343. The molecule has 1 heterocycles. The lowest BCUT2D eigenvalue weighted by molar-refractivity contribution is -0.384. The second-order valence-corrected chi connectivity index (χ2v) is 4.01. The zero-order valence-electron chi connectivity index (χ0n) is 11.0. The van der Waals surface area contributed by atoms with Crippen molar-refractivity contribution in [2.75, 3.05) is 6.61 Å². The summed E-state index contributed by atoms with van der Waals surface area (Å²) >= 11 is 0. The van der Waals surface area contributed by atoms with Gasteiger partial charge in [-0.25, -0.2) is 9.78 Å². The molecule has 0 N–H and O–H groups in total. The maximum Gasteiger partial charge on any atom is 0.360 e. The Morgan fingerprint density at radius 1 is 1.50 bits per heavy atom. The van der Waals surface area contributed by atoms with Gasteiger partial charge in [0.1, 0.15) is 0 Å². The Balaban J connectivity index is 2.45. The van der Waals surface area contributed by atoms with Gasteiger partial charge >= 0.3 is 5.97 Å². The lowest BCUT2D eigenvalue weighted by atomic mass is 10.0. The van der Waals surface area contributed by atoms with Gasteiger partial charge in [-0.05, 0) is 25.5 Å². The van der Waals surface area contributed by atoms with Crippen LogP contribution in [0.4, 0.5) is 5.69 Å². The number of hydrogen-bond acceptors (Lipinski definition) is 6. The number of nitro groups is 1. The Labute approximate surface area is 114 Å². The van der Waals surface area contributed by atoms with Crippen molar-refractivity contribution in [2.24, 2.45) is 0 Å². The third-order valence-corrected chi connectivity index (χ3v) is 2.70. The van der Waals surface area contributed by atoms with E-state index in [2.05, 4.69) is 4.98 Å². The summed E-state index contributed by atoms with van der Waals surface area (Å²) in [5.41, 5.74) is 1.21. The number of benzene rings is 1. The van der Waals surface area contributed by atoms with E-state index in [1.165, 1.54) is 18.2 Å². The van der Waals surface area contributed by atoms with Crippen LogP contribution in [0.15, 0.2) is 29.0 Å². The molecule has 1 aromatic carbocycles. The molecule has 0 aliphatic rings. The number of carbonyl (C=O) groups is 1. The Hall–Kier alpha value is -2.70. The molecule has 0 amide bonds. The minimum absolute atomic E-state index is 0.0246. The van der Waals surface area contributed by atoms with Crippen LogP contribution in [0.25, 0.3) is 11.3 Å². The highest BCUT2D eigenvalue weighted by molar-refractivity contribution is 5.94. The number of hydrogen-bond donors (Lipinski definition) is 0. The Bertz CT molecular complexity index is 663. The zero-order valence-corrected chi connectivity index (χ0v) is 11.0. The van der Waals surface area contributed by atoms with Crippen LogP contribution in [0.2, 0.25) is 0 Å². The highest BCUT2D eigenvalue weighted by Crippen LogP contribution is 2.29. The molecule has 104 valence electrons. The largest absolute Gasteiger partial charge is 0.461 e. The molecule has 2 rings (SSSR count). The highest BCUT2D eigenvalue weighted by atomic mass is 16.6. The Morgan fingerprint density at radius 3 is 2.85 bits per heavy atom. The summed E-state index contributed by atoms with van der Waals surface area (Å²) in [6.45, 7) is 3.61. The fourth-order valence-electron chi connectivity index (χ4n) is 1.80. The lowest BCUT2D eigenvalue weighted by Crippen LogP contribution is -2.06. The van der Waals surface area contributed by atoms with Crippen LogP contribution < -0.4 is 0 Å². The molecule has 0 saturated heterocycles. The Kier molecular flexibility index (Phi) is 3.79. The van der Waals surface area contributed by atoms with Gasteiger partial charge in [0.15, 0.2) is 17.8 Å². The van der Waals surface area contributed by atoms with Gasteiger partial charge in [0.05, 0.1) is 11.5 Å². The van der Waals surface area contributed by atoms with Crippen molar-refractivity contribution >= 4 is 11.7 Å². The van der Waals surface area contributed by atoms with Gasteiger partial charge < -0.3 is 9.15 Å². The van der Waals surface area contributed by atoms with E-state index in [1.807, 2.05) is 0 Å². The van der Waals surface area contributed by atoms with E-state index in [1.54, 1.807) is 13.8 Å². The van der Waals surface area contributed by atoms with Gasteiger partial charge in [0, 0.05) is 17.7 Å². The monoisotopic (exact) mass is 276 g/mol. The summed E-state index contributed by atoms with van der Waals surface area (Å²) in [6, 6.07) is 4.28. The molecular formula is C13H12N2O5. The molecule has 0 unspecified atom stereocenters. The molecule has 1 aromatic heterocycles. The molecule has 20 heavy (non-hydrogen) atoms. The predicted molar refractivity (Wildman–Crippen MR) is 69.3 cm³/mol. The van der Waals surface area contributed by atoms with E-state index < -0.39 is 10.9 Å². The summed E-state index contributed by atoms with van der Waals surface area (Å²) < 4.78 is 10.1. The molecule has 0 radical (unpaired) electrons. The van der Waals surface area contributed by atoms with Crippen LogP contribution in [0.1, 0.15) is 23.0 Å². The fraction of sp³-hybridized carbons (Fsp3) is 0.231. The minimum atomic E-state index is -0.589. The van der Waals surface area contributed by atoms with Crippen molar-refractivity contribution in [3.8, 4) is 11.3 Å². The number of ether oxygens (including phenoxy) is 1. The number of oxazole rings is 1. The molecule has 0 fully saturated rings. The van der Waals surface area contributed by atoms with Crippen LogP contribution in [-0.4, -0.2) is 22.5 Å².